The fourth-order valence-corrected chi connectivity index (χ4v) is 3.02. The Kier molecular flexibility index (Phi) is 4.38. The quantitative estimate of drug-likeness (QED) is 0.798. The van der Waals surface area contributed by atoms with Crippen molar-refractivity contribution in [2.45, 2.75) is 20.8 Å². The van der Waals surface area contributed by atoms with Crippen molar-refractivity contribution in [2.24, 2.45) is 0 Å². The van der Waals surface area contributed by atoms with Crippen LogP contribution in [0.2, 0.25) is 0 Å². The first-order valence-electron chi connectivity index (χ1n) is 8.06. The second-order valence-electron chi connectivity index (χ2n) is 5.94. The van der Waals surface area contributed by atoms with Gasteiger partial charge in [0.05, 0.1) is 50.2 Å². The Morgan fingerprint density at radius 3 is 2.57 bits per heavy atom. The third-order valence-corrected chi connectivity index (χ3v) is 4.54. The third-order valence-electron chi connectivity index (χ3n) is 4.54. The van der Waals surface area contributed by atoms with E-state index in [9.17, 15) is 4.79 Å². The highest BCUT2D eigenvalue weighted by Gasteiger charge is 2.20. The summed E-state index contributed by atoms with van der Waals surface area (Å²) in [7, 11) is 0. The molecular weight excluding hydrogens is 292 g/mol. The Labute approximate surface area is 135 Å². The Morgan fingerprint density at radius 1 is 1.26 bits per heavy atom. The smallest absolute Gasteiger partial charge is 0.163 e. The molecule has 1 aliphatic rings. The molecule has 0 spiro atoms. The molecule has 3 rings (SSSR count). The molecule has 3 heterocycles. The normalized spacial score (nSPS) is 15.9. The Morgan fingerprint density at radius 2 is 1.96 bits per heavy atom. The van der Waals surface area contributed by atoms with E-state index in [0.29, 0.717) is 11.4 Å². The van der Waals surface area contributed by atoms with Crippen molar-refractivity contribution in [3.63, 3.8) is 0 Å². The number of Topliss-reactive ketones (excluding diaryl/α,β-unsaturated/α-hetero) is 1. The van der Waals surface area contributed by atoms with Gasteiger partial charge in [-0.05, 0) is 20.8 Å². The van der Waals surface area contributed by atoms with Crippen LogP contribution in [0.3, 0.4) is 0 Å². The molecule has 2 aromatic rings. The van der Waals surface area contributed by atoms with Crippen molar-refractivity contribution >= 4 is 11.6 Å². The fraction of sp³-hybridized carbons (Fsp3) is 0.500. The first-order chi connectivity index (χ1) is 11.1. The summed E-state index contributed by atoms with van der Waals surface area (Å²) in [6.07, 6.45) is 3.17. The van der Waals surface area contributed by atoms with E-state index in [1.54, 1.807) is 29.0 Å². The number of nitrogens with one attached hydrogen (secondary N) is 1. The van der Waals surface area contributed by atoms with Crippen LogP contribution >= 0.6 is 0 Å². The minimum atomic E-state index is 0.0155. The number of nitrogens with zero attached hydrogens (tertiary/aromatic N) is 5. The maximum atomic E-state index is 11.6. The van der Waals surface area contributed by atoms with Crippen molar-refractivity contribution in [1.29, 1.82) is 0 Å². The maximum Gasteiger partial charge on any atom is 0.163 e. The van der Waals surface area contributed by atoms with Crippen LogP contribution in [-0.2, 0) is 0 Å². The number of hydrogen-bond acceptors (Lipinski definition) is 5. The van der Waals surface area contributed by atoms with E-state index >= 15 is 0 Å². The van der Waals surface area contributed by atoms with Crippen LogP contribution in [0.1, 0.15) is 29.9 Å². The first kappa shape index (κ1) is 15.6. The summed E-state index contributed by atoms with van der Waals surface area (Å²) in [5.74, 6) is 1.64. The predicted octanol–water partition coefficient (Wildman–Crippen LogP) is -0.102. The van der Waals surface area contributed by atoms with Gasteiger partial charge in [0.2, 0.25) is 0 Å². The number of aromatic nitrogens is 4. The minimum Gasteiger partial charge on any atom is -0.345 e. The lowest BCUT2D eigenvalue weighted by atomic mass is 10.2. The van der Waals surface area contributed by atoms with Crippen molar-refractivity contribution < 1.29 is 9.69 Å². The topological polar surface area (TPSA) is 68.3 Å². The van der Waals surface area contributed by atoms with E-state index in [1.807, 2.05) is 13.0 Å². The van der Waals surface area contributed by atoms with Crippen molar-refractivity contribution in [3.8, 4) is 5.82 Å². The summed E-state index contributed by atoms with van der Waals surface area (Å²) >= 11 is 0. The summed E-state index contributed by atoms with van der Waals surface area (Å²) in [4.78, 5) is 24.2. The molecule has 2 aromatic heterocycles. The van der Waals surface area contributed by atoms with E-state index < -0.39 is 0 Å². The van der Waals surface area contributed by atoms with Crippen molar-refractivity contribution in [2.75, 3.05) is 37.6 Å². The second kappa shape index (κ2) is 6.45. The van der Waals surface area contributed by atoms with Gasteiger partial charge in [0, 0.05) is 6.07 Å². The fourth-order valence-electron chi connectivity index (χ4n) is 3.02. The molecular formula is C16H23N6O+. The van der Waals surface area contributed by atoms with Crippen LogP contribution in [0.5, 0.6) is 0 Å². The summed E-state index contributed by atoms with van der Waals surface area (Å²) < 4.78 is 1.70. The van der Waals surface area contributed by atoms with E-state index in [-0.39, 0.29) is 5.78 Å². The van der Waals surface area contributed by atoms with Crippen LogP contribution in [0.4, 0.5) is 5.82 Å². The minimum absolute atomic E-state index is 0.0155. The second-order valence-corrected chi connectivity index (χ2v) is 5.94. The molecule has 7 nitrogen and oxygen atoms in total. The maximum absolute atomic E-state index is 11.6. The lowest BCUT2D eigenvalue weighted by Crippen LogP contribution is -3.14. The van der Waals surface area contributed by atoms with Gasteiger partial charge in [-0.2, -0.15) is 5.10 Å². The van der Waals surface area contributed by atoms with E-state index in [0.717, 1.165) is 37.7 Å². The molecule has 1 N–H and O–H groups in total. The molecule has 0 bridgehead atoms. The van der Waals surface area contributed by atoms with E-state index in [2.05, 4.69) is 26.9 Å². The molecule has 1 saturated heterocycles. The average molecular weight is 315 g/mol. The Balaban J connectivity index is 1.85. The number of carbonyl (C=O) groups excluding carboxylic acids is 1. The number of ketones is 1. The van der Waals surface area contributed by atoms with Gasteiger partial charge in [-0.1, -0.05) is 0 Å². The summed E-state index contributed by atoms with van der Waals surface area (Å²) in [5.41, 5.74) is 1.44. The van der Waals surface area contributed by atoms with Gasteiger partial charge in [-0.3, -0.25) is 4.79 Å². The van der Waals surface area contributed by atoms with Crippen LogP contribution in [0.25, 0.3) is 5.82 Å². The van der Waals surface area contributed by atoms with Crippen molar-refractivity contribution in [3.05, 3.63) is 29.8 Å². The number of carbonyl (C=O) groups is 1. The monoisotopic (exact) mass is 315 g/mol. The number of piperazine rings is 1. The van der Waals surface area contributed by atoms with Gasteiger partial charge < -0.3 is 9.80 Å². The highest BCUT2D eigenvalue weighted by molar-refractivity contribution is 5.95. The zero-order chi connectivity index (χ0) is 16.4. The standard InChI is InChI=1S/C16H22N6O/c1-4-20-5-7-21(8-6-20)15-9-16(18-11-17-15)22-12(2)14(10-19-22)13(3)23/h9-11H,4-8H2,1-3H3/p+1. The third kappa shape index (κ3) is 3.10. The largest absolute Gasteiger partial charge is 0.345 e. The average Bonchev–Trinajstić information content (AvgIpc) is 2.97. The van der Waals surface area contributed by atoms with Crippen LogP contribution < -0.4 is 9.80 Å². The van der Waals surface area contributed by atoms with Crippen LogP contribution in [0.15, 0.2) is 18.6 Å². The molecule has 122 valence electrons. The van der Waals surface area contributed by atoms with E-state index in [1.165, 1.54) is 6.54 Å². The van der Waals surface area contributed by atoms with Gasteiger partial charge in [0.15, 0.2) is 11.6 Å². The van der Waals surface area contributed by atoms with Gasteiger partial charge in [0.25, 0.3) is 0 Å². The Bertz CT molecular complexity index is 702. The van der Waals surface area contributed by atoms with Gasteiger partial charge in [0.1, 0.15) is 12.1 Å². The van der Waals surface area contributed by atoms with Gasteiger partial charge in [-0.25, -0.2) is 14.6 Å². The molecule has 0 aromatic carbocycles. The molecule has 0 saturated carbocycles. The molecule has 0 aliphatic carbocycles. The number of likely N-dealkylation sites (N-methyl/N-ethyl adjacent to an activating group) is 1. The molecule has 0 radical (unpaired) electrons. The number of anilines is 1. The highest BCUT2D eigenvalue weighted by Crippen LogP contribution is 2.17. The first-order valence-corrected chi connectivity index (χ1v) is 8.06. The molecule has 0 unspecified atom stereocenters. The van der Waals surface area contributed by atoms with E-state index in [4.69, 9.17) is 0 Å². The SMILES string of the molecule is CC[NH+]1CCN(c2cc(-n3ncc(C(C)=O)c3C)ncn2)CC1. The highest BCUT2D eigenvalue weighted by atomic mass is 16.1. The molecule has 0 atom stereocenters. The summed E-state index contributed by atoms with van der Waals surface area (Å²) in [6.45, 7) is 11.1. The van der Waals surface area contributed by atoms with Crippen molar-refractivity contribution in [1.82, 2.24) is 19.7 Å². The van der Waals surface area contributed by atoms with Crippen LogP contribution in [-0.4, -0.2) is 58.3 Å². The molecule has 1 fully saturated rings. The zero-order valence-electron chi connectivity index (χ0n) is 13.9. The summed E-state index contributed by atoms with van der Waals surface area (Å²) in [5, 5.41) is 4.30. The van der Waals surface area contributed by atoms with Gasteiger partial charge in [-0.15, -0.1) is 0 Å². The molecule has 23 heavy (non-hydrogen) atoms. The molecule has 0 amide bonds. The lowest BCUT2D eigenvalue weighted by Gasteiger charge is -2.32. The molecule has 1 aliphatic heterocycles. The number of hydrogen-bond donors (Lipinski definition) is 1. The Hall–Kier alpha value is -2.28. The number of rotatable bonds is 4. The van der Waals surface area contributed by atoms with Crippen LogP contribution in [0, 0.1) is 6.92 Å². The lowest BCUT2D eigenvalue weighted by molar-refractivity contribution is -0.898. The van der Waals surface area contributed by atoms with Gasteiger partial charge >= 0.3 is 0 Å². The zero-order valence-corrected chi connectivity index (χ0v) is 13.9. The molecule has 7 heteroatoms. The number of quaternary nitrogens is 1. The summed E-state index contributed by atoms with van der Waals surface area (Å²) in [6, 6.07) is 1.95. The predicted molar refractivity (Wildman–Crippen MR) is 87.3 cm³/mol.